The van der Waals surface area contributed by atoms with Gasteiger partial charge >= 0.3 is 0 Å². The molecule has 1 amide bonds. The molecular formula is C15H18N2O. The normalized spacial score (nSPS) is 22.1. The lowest BCUT2D eigenvalue weighted by molar-refractivity contribution is 0.0944. The quantitative estimate of drug-likeness (QED) is 0.850. The average molecular weight is 242 g/mol. The number of benzene rings is 1. The number of hydrogen-bond acceptors (Lipinski definition) is 1. The highest BCUT2D eigenvalue weighted by molar-refractivity contribution is 5.98. The van der Waals surface area contributed by atoms with Gasteiger partial charge in [0.05, 0.1) is 0 Å². The molecule has 1 saturated carbocycles. The molecule has 3 nitrogen and oxygen atoms in total. The maximum Gasteiger partial charge on any atom is 0.267 e. The number of para-hydroxylation sites is 1. The fraction of sp³-hybridized carbons (Fsp3) is 0.400. The standard InChI is InChI=1S/C15H18N2O/c1-2-5-10-8-13(10)17-15(18)14-9-11-6-3-4-7-12(11)16-14/h3-4,6-7,9-10,13,16H,2,5,8H2,1H3,(H,17,18). The van der Waals surface area contributed by atoms with Crippen LogP contribution < -0.4 is 5.32 Å². The second kappa shape index (κ2) is 4.48. The van der Waals surface area contributed by atoms with Crippen molar-refractivity contribution in [2.75, 3.05) is 0 Å². The van der Waals surface area contributed by atoms with Gasteiger partial charge in [0, 0.05) is 16.9 Å². The molecule has 2 unspecified atom stereocenters. The van der Waals surface area contributed by atoms with Crippen LogP contribution in [0, 0.1) is 5.92 Å². The summed E-state index contributed by atoms with van der Waals surface area (Å²) in [6, 6.07) is 10.3. The van der Waals surface area contributed by atoms with Crippen LogP contribution in [0.5, 0.6) is 0 Å². The maximum absolute atomic E-state index is 12.1. The van der Waals surface area contributed by atoms with E-state index in [2.05, 4.69) is 17.2 Å². The molecule has 3 rings (SSSR count). The number of carbonyl (C=O) groups excluding carboxylic acids is 1. The third-order valence-electron chi connectivity index (χ3n) is 3.67. The topological polar surface area (TPSA) is 44.9 Å². The molecule has 3 heteroatoms. The van der Waals surface area contributed by atoms with Gasteiger partial charge in [-0.15, -0.1) is 0 Å². The highest BCUT2D eigenvalue weighted by Crippen LogP contribution is 2.34. The van der Waals surface area contributed by atoms with Crippen molar-refractivity contribution in [1.82, 2.24) is 10.3 Å². The van der Waals surface area contributed by atoms with Gasteiger partial charge in [-0.3, -0.25) is 4.79 Å². The molecule has 0 saturated heterocycles. The molecule has 0 radical (unpaired) electrons. The molecule has 1 aliphatic rings. The number of aromatic nitrogens is 1. The Morgan fingerprint density at radius 2 is 2.28 bits per heavy atom. The van der Waals surface area contributed by atoms with E-state index < -0.39 is 0 Å². The number of hydrogen-bond donors (Lipinski definition) is 2. The van der Waals surface area contributed by atoms with Crippen molar-refractivity contribution in [2.45, 2.75) is 32.2 Å². The summed E-state index contributed by atoms with van der Waals surface area (Å²) in [6.45, 7) is 2.19. The Labute approximate surface area is 107 Å². The Bertz CT molecular complexity index is 540. The minimum Gasteiger partial charge on any atom is -0.351 e. The number of amides is 1. The number of aromatic amines is 1. The fourth-order valence-corrected chi connectivity index (χ4v) is 2.56. The first-order chi connectivity index (χ1) is 8.78. The van der Waals surface area contributed by atoms with Gasteiger partial charge in [-0.2, -0.15) is 0 Å². The number of H-pyrrole nitrogens is 1. The van der Waals surface area contributed by atoms with Crippen LogP contribution in [0.3, 0.4) is 0 Å². The van der Waals surface area contributed by atoms with Crippen LogP contribution in [-0.2, 0) is 0 Å². The predicted octanol–water partition coefficient (Wildman–Crippen LogP) is 3.09. The third kappa shape index (κ3) is 2.13. The molecule has 1 aromatic carbocycles. The fourth-order valence-electron chi connectivity index (χ4n) is 2.56. The van der Waals surface area contributed by atoms with Crippen molar-refractivity contribution in [1.29, 1.82) is 0 Å². The van der Waals surface area contributed by atoms with Gasteiger partial charge in [-0.1, -0.05) is 31.5 Å². The lowest BCUT2D eigenvalue weighted by Crippen LogP contribution is -2.27. The molecule has 94 valence electrons. The zero-order valence-corrected chi connectivity index (χ0v) is 10.6. The highest BCUT2D eigenvalue weighted by Gasteiger charge is 2.37. The molecule has 0 spiro atoms. The van der Waals surface area contributed by atoms with Crippen molar-refractivity contribution in [3.8, 4) is 0 Å². The van der Waals surface area contributed by atoms with E-state index >= 15 is 0 Å². The van der Waals surface area contributed by atoms with Gasteiger partial charge in [0.15, 0.2) is 0 Å². The van der Waals surface area contributed by atoms with E-state index in [1.165, 1.54) is 12.8 Å². The van der Waals surface area contributed by atoms with Gasteiger partial charge in [0.2, 0.25) is 0 Å². The average Bonchev–Trinajstić information content (AvgIpc) is 2.94. The summed E-state index contributed by atoms with van der Waals surface area (Å²) < 4.78 is 0. The van der Waals surface area contributed by atoms with Gasteiger partial charge in [0.1, 0.15) is 5.69 Å². The first-order valence-corrected chi connectivity index (χ1v) is 6.66. The molecule has 1 aliphatic carbocycles. The van der Waals surface area contributed by atoms with E-state index in [1.54, 1.807) is 0 Å². The molecule has 18 heavy (non-hydrogen) atoms. The summed E-state index contributed by atoms with van der Waals surface area (Å²) in [5.41, 5.74) is 1.68. The lowest BCUT2D eigenvalue weighted by Gasteiger charge is -2.02. The van der Waals surface area contributed by atoms with Crippen molar-refractivity contribution < 1.29 is 4.79 Å². The molecule has 1 aromatic heterocycles. The molecule has 1 heterocycles. The summed E-state index contributed by atoms with van der Waals surface area (Å²) in [5, 5.41) is 4.18. The molecule has 2 atom stereocenters. The minimum atomic E-state index is 0.0230. The predicted molar refractivity (Wildman–Crippen MR) is 72.6 cm³/mol. The Hall–Kier alpha value is -1.77. The van der Waals surface area contributed by atoms with Crippen LogP contribution in [0.4, 0.5) is 0 Å². The van der Waals surface area contributed by atoms with Crippen LogP contribution in [0.1, 0.15) is 36.7 Å². The summed E-state index contributed by atoms with van der Waals surface area (Å²) in [5.74, 6) is 0.720. The summed E-state index contributed by atoms with van der Waals surface area (Å²) >= 11 is 0. The first-order valence-electron chi connectivity index (χ1n) is 6.66. The molecule has 2 N–H and O–H groups in total. The van der Waals surface area contributed by atoms with Crippen LogP contribution in [0.2, 0.25) is 0 Å². The zero-order chi connectivity index (χ0) is 12.5. The van der Waals surface area contributed by atoms with Crippen LogP contribution in [0.25, 0.3) is 10.9 Å². The van der Waals surface area contributed by atoms with E-state index in [9.17, 15) is 4.79 Å². The number of carbonyl (C=O) groups is 1. The lowest BCUT2D eigenvalue weighted by atomic mass is 10.2. The van der Waals surface area contributed by atoms with Gasteiger partial charge in [0.25, 0.3) is 5.91 Å². The maximum atomic E-state index is 12.1. The second-order valence-electron chi connectivity index (χ2n) is 5.13. The van der Waals surface area contributed by atoms with Crippen molar-refractivity contribution in [2.24, 2.45) is 5.92 Å². The van der Waals surface area contributed by atoms with Crippen LogP contribution in [-0.4, -0.2) is 16.9 Å². The number of nitrogens with one attached hydrogen (secondary N) is 2. The molecule has 0 bridgehead atoms. The van der Waals surface area contributed by atoms with Gasteiger partial charge in [-0.05, 0) is 30.9 Å². The Morgan fingerprint density at radius 3 is 3.06 bits per heavy atom. The Balaban J connectivity index is 1.69. The molecule has 2 aromatic rings. The minimum absolute atomic E-state index is 0.0230. The smallest absolute Gasteiger partial charge is 0.267 e. The molecular weight excluding hydrogens is 224 g/mol. The van der Waals surface area contributed by atoms with Gasteiger partial charge in [-0.25, -0.2) is 0 Å². The van der Waals surface area contributed by atoms with E-state index in [1.807, 2.05) is 30.3 Å². The third-order valence-corrected chi connectivity index (χ3v) is 3.67. The summed E-state index contributed by atoms with van der Waals surface area (Å²) in [4.78, 5) is 15.2. The highest BCUT2D eigenvalue weighted by atomic mass is 16.2. The Morgan fingerprint density at radius 1 is 1.44 bits per heavy atom. The van der Waals surface area contributed by atoms with Crippen molar-refractivity contribution >= 4 is 16.8 Å². The Kier molecular flexibility index (Phi) is 2.82. The molecule has 1 fully saturated rings. The van der Waals surface area contributed by atoms with Crippen molar-refractivity contribution in [3.05, 3.63) is 36.0 Å². The number of rotatable bonds is 4. The SMILES string of the molecule is CCCC1CC1NC(=O)c1cc2ccccc2[nH]1. The molecule has 0 aliphatic heterocycles. The van der Waals surface area contributed by atoms with Gasteiger partial charge < -0.3 is 10.3 Å². The van der Waals surface area contributed by atoms with E-state index in [0.29, 0.717) is 17.7 Å². The largest absolute Gasteiger partial charge is 0.351 e. The first kappa shape index (κ1) is 11.3. The second-order valence-corrected chi connectivity index (χ2v) is 5.13. The van der Waals surface area contributed by atoms with Crippen LogP contribution in [0.15, 0.2) is 30.3 Å². The van der Waals surface area contributed by atoms with Crippen molar-refractivity contribution in [3.63, 3.8) is 0 Å². The number of fused-ring (bicyclic) bond motifs is 1. The summed E-state index contributed by atoms with van der Waals surface area (Å²) in [6.07, 6.45) is 3.56. The van der Waals surface area contributed by atoms with E-state index in [-0.39, 0.29) is 5.91 Å². The monoisotopic (exact) mass is 242 g/mol. The van der Waals surface area contributed by atoms with E-state index in [0.717, 1.165) is 17.3 Å². The van der Waals surface area contributed by atoms with E-state index in [4.69, 9.17) is 0 Å². The zero-order valence-electron chi connectivity index (χ0n) is 10.6. The summed E-state index contributed by atoms with van der Waals surface area (Å²) in [7, 11) is 0. The van der Waals surface area contributed by atoms with Crippen LogP contribution >= 0.6 is 0 Å².